The molecule has 0 aliphatic carbocycles. The molecule has 0 heterocycles. The van der Waals surface area contributed by atoms with Gasteiger partial charge in [0.25, 0.3) is 0 Å². The van der Waals surface area contributed by atoms with Gasteiger partial charge in [-0.2, -0.15) is 0 Å². The highest BCUT2D eigenvalue weighted by atomic mass is 15.0. The van der Waals surface area contributed by atoms with Gasteiger partial charge < -0.3 is 10.6 Å². The maximum atomic E-state index is 4.14. The third-order valence-corrected chi connectivity index (χ3v) is 5.07. The largest absolute Gasteiger partial charge is 0.388 e. The predicted molar refractivity (Wildman–Crippen MR) is 178 cm³/mol. The number of nitrogens with one attached hydrogen (secondary N) is 2. The molecule has 2 aromatic rings. The van der Waals surface area contributed by atoms with Crippen LogP contribution in [-0.4, -0.2) is 19.9 Å². The Kier molecular flexibility index (Phi) is 29.1. The van der Waals surface area contributed by atoms with Gasteiger partial charge >= 0.3 is 0 Å². The van der Waals surface area contributed by atoms with Gasteiger partial charge in [0, 0.05) is 25.5 Å². The number of allylic oxidation sites excluding steroid dienone is 3. The maximum Gasteiger partial charge on any atom is 0.124 e. The number of rotatable bonds is 8. The molecule has 0 saturated heterocycles. The number of anilines is 1. The van der Waals surface area contributed by atoms with Gasteiger partial charge in [0.15, 0.2) is 0 Å². The van der Waals surface area contributed by atoms with Crippen LogP contribution in [-0.2, 0) is 12.8 Å². The van der Waals surface area contributed by atoms with Gasteiger partial charge in [0.05, 0.1) is 0 Å². The van der Waals surface area contributed by atoms with Crippen LogP contribution in [0.5, 0.6) is 0 Å². The van der Waals surface area contributed by atoms with Gasteiger partial charge in [-0.25, -0.2) is 0 Å². The van der Waals surface area contributed by atoms with Gasteiger partial charge in [0.1, 0.15) is 5.84 Å². The zero-order valence-electron chi connectivity index (χ0n) is 26.1. The lowest BCUT2D eigenvalue weighted by molar-refractivity contribution is 0.766. The quantitative estimate of drug-likeness (QED) is 0.207. The van der Waals surface area contributed by atoms with E-state index in [1.54, 1.807) is 13.1 Å². The van der Waals surface area contributed by atoms with Crippen LogP contribution in [0.1, 0.15) is 77.5 Å². The van der Waals surface area contributed by atoms with Gasteiger partial charge in [-0.1, -0.05) is 81.8 Å². The summed E-state index contributed by atoms with van der Waals surface area (Å²) < 4.78 is 0. The van der Waals surface area contributed by atoms with E-state index in [2.05, 4.69) is 126 Å². The summed E-state index contributed by atoms with van der Waals surface area (Å²) in [4.78, 5) is 4.14. The van der Waals surface area contributed by atoms with Crippen molar-refractivity contribution in [2.24, 2.45) is 4.99 Å². The minimum Gasteiger partial charge on any atom is -0.388 e. The summed E-state index contributed by atoms with van der Waals surface area (Å²) in [5, 5.41) is 6.34. The number of aliphatic imine (C=N–C) groups is 1. The van der Waals surface area contributed by atoms with Crippen LogP contribution >= 0.6 is 0 Å². The molecule has 0 aromatic heterocycles. The van der Waals surface area contributed by atoms with E-state index in [0.29, 0.717) is 0 Å². The van der Waals surface area contributed by atoms with E-state index in [9.17, 15) is 0 Å². The monoisotopic (exact) mass is 519 g/mol. The normalized spacial score (nSPS) is 9.24. The van der Waals surface area contributed by atoms with E-state index in [1.165, 1.54) is 40.8 Å². The van der Waals surface area contributed by atoms with Crippen molar-refractivity contribution in [3.63, 3.8) is 0 Å². The molecule has 0 radical (unpaired) electrons. The number of hydrogen-bond donors (Lipinski definition) is 2. The molecule has 0 amide bonds. The van der Waals surface area contributed by atoms with Crippen LogP contribution in [0.3, 0.4) is 0 Å². The van der Waals surface area contributed by atoms with Gasteiger partial charge in [-0.05, 0) is 88.3 Å². The molecule has 2 rings (SSSR count). The second-order valence-electron chi connectivity index (χ2n) is 8.65. The maximum absolute atomic E-state index is 4.14. The Bertz CT molecular complexity index is 904. The molecular weight excluding hydrogens is 462 g/mol. The fourth-order valence-electron chi connectivity index (χ4n) is 2.99. The summed E-state index contributed by atoms with van der Waals surface area (Å²) in [6.45, 7) is 28.0. The molecule has 0 bridgehead atoms. The molecule has 212 valence electrons. The van der Waals surface area contributed by atoms with Crippen LogP contribution in [0, 0.1) is 6.92 Å². The standard InChI is InChI=1S/C12H22N2.C10H15N.C8H10.C3H6.C2H4/c1-6-7-8-11(4)14-12(13-5)9-10(2)3;1-4-9-7-10(11-3)6-5-8(9)2;1-2-8-6-4-3-5-7-8;1-3-2;1-2/h9H,4,6-8H2,1-3,5H3,(H,13,14);5-7,11H,4H2,1-3H3;3-7H,2H2,1H3;3H,1H2,2H3;1-2H2. The molecule has 0 fully saturated rings. The van der Waals surface area contributed by atoms with Crippen molar-refractivity contribution in [3.8, 4) is 0 Å². The lowest BCUT2D eigenvalue weighted by atomic mass is 10.1. The molecular formula is C35H57N3. The van der Waals surface area contributed by atoms with Crippen molar-refractivity contribution in [1.29, 1.82) is 0 Å². The Balaban J connectivity index is -0.000000455. The summed E-state index contributed by atoms with van der Waals surface area (Å²) in [6, 6.07) is 16.9. The van der Waals surface area contributed by atoms with E-state index < -0.39 is 0 Å². The molecule has 0 aliphatic rings. The van der Waals surface area contributed by atoms with Crippen molar-refractivity contribution in [2.75, 3.05) is 19.4 Å². The zero-order valence-corrected chi connectivity index (χ0v) is 26.1. The van der Waals surface area contributed by atoms with E-state index in [4.69, 9.17) is 0 Å². The molecule has 38 heavy (non-hydrogen) atoms. The van der Waals surface area contributed by atoms with Crippen LogP contribution in [0.4, 0.5) is 5.69 Å². The topological polar surface area (TPSA) is 36.4 Å². The minimum absolute atomic E-state index is 0.895. The molecule has 2 aromatic carbocycles. The molecule has 0 spiro atoms. The number of unbranched alkanes of at least 4 members (excludes halogenated alkanes) is 1. The number of benzene rings is 2. The number of nitrogens with zero attached hydrogens (tertiary/aromatic N) is 1. The summed E-state index contributed by atoms with van der Waals surface area (Å²) in [5.41, 5.74) is 7.70. The Labute approximate surface area is 236 Å². The lowest BCUT2D eigenvalue weighted by Crippen LogP contribution is -2.20. The highest BCUT2D eigenvalue weighted by Gasteiger charge is 1.97. The molecule has 0 aliphatic heterocycles. The fourth-order valence-corrected chi connectivity index (χ4v) is 2.99. The first kappa shape index (κ1) is 39.2. The summed E-state index contributed by atoms with van der Waals surface area (Å²) >= 11 is 0. The number of hydrogen-bond acceptors (Lipinski definition) is 2. The van der Waals surface area contributed by atoms with Gasteiger partial charge in [-0.15, -0.1) is 19.7 Å². The summed E-state index contributed by atoms with van der Waals surface area (Å²) in [5.74, 6) is 0.895. The van der Waals surface area contributed by atoms with Crippen LogP contribution < -0.4 is 10.6 Å². The second-order valence-corrected chi connectivity index (χ2v) is 8.65. The molecule has 0 unspecified atom stereocenters. The minimum atomic E-state index is 0.895. The van der Waals surface area contributed by atoms with Crippen LogP contribution in [0.15, 0.2) is 103 Å². The first-order valence-electron chi connectivity index (χ1n) is 13.7. The first-order valence-corrected chi connectivity index (χ1v) is 13.7. The van der Waals surface area contributed by atoms with Crippen LogP contribution in [0.2, 0.25) is 0 Å². The third kappa shape index (κ3) is 23.1. The molecule has 3 heteroatoms. The zero-order chi connectivity index (χ0) is 29.8. The molecule has 0 atom stereocenters. The smallest absolute Gasteiger partial charge is 0.124 e. The van der Waals surface area contributed by atoms with Crippen molar-refractivity contribution in [3.05, 3.63) is 115 Å². The lowest BCUT2D eigenvalue weighted by Gasteiger charge is -2.08. The fraction of sp³-hybridized carbons (Fsp3) is 0.400. The Morgan fingerprint density at radius 1 is 0.974 bits per heavy atom. The Morgan fingerprint density at radius 3 is 1.95 bits per heavy atom. The average molecular weight is 520 g/mol. The van der Waals surface area contributed by atoms with Crippen LogP contribution in [0.25, 0.3) is 0 Å². The summed E-state index contributed by atoms with van der Waals surface area (Å²) in [6.07, 6.45) is 9.42. The highest BCUT2D eigenvalue weighted by molar-refractivity contribution is 5.94. The SMILES string of the molecule is C=C.C=C(CCCC)NC(C=C(C)C)=NC.C=CC.CCc1cc(NC)ccc1C.CCc1ccccc1. The van der Waals surface area contributed by atoms with E-state index in [-0.39, 0.29) is 0 Å². The third-order valence-electron chi connectivity index (χ3n) is 5.07. The van der Waals surface area contributed by atoms with Gasteiger partial charge in [-0.3, -0.25) is 4.99 Å². The first-order chi connectivity index (χ1) is 18.2. The van der Waals surface area contributed by atoms with Crippen molar-refractivity contribution >= 4 is 11.5 Å². The summed E-state index contributed by atoms with van der Waals surface area (Å²) in [7, 11) is 3.74. The van der Waals surface area contributed by atoms with Crippen molar-refractivity contribution in [2.45, 2.75) is 80.6 Å². The van der Waals surface area contributed by atoms with Crippen molar-refractivity contribution < 1.29 is 0 Å². The average Bonchev–Trinajstić information content (AvgIpc) is 2.94. The number of aryl methyl sites for hydroxylation is 3. The molecule has 2 N–H and O–H groups in total. The van der Waals surface area contributed by atoms with Gasteiger partial charge in [0.2, 0.25) is 0 Å². The second kappa shape index (κ2) is 28.2. The predicted octanol–water partition coefficient (Wildman–Crippen LogP) is 10.1. The molecule has 3 nitrogen and oxygen atoms in total. The van der Waals surface area contributed by atoms with E-state index in [1.807, 2.05) is 26.1 Å². The van der Waals surface area contributed by atoms with E-state index >= 15 is 0 Å². The van der Waals surface area contributed by atoms with E-state index in [0.717, 1.165) is 30.8 Å². The Morgan fingerprint density at radius 2 is 1.55 bits per heavy atom. The highest BCUT2D eigenvalue weighted by Crippen LogP contribution is 2.14. The Hall–Kier alpha value is -3.33. The van der Waals surface area contributed by atoms with Crippen molar-refractivity contribution in [1.82, 2.24) is 5.32 Å². The molecule has 0 saturated carbocycles. The number of amidine groups is 1.